The van der Waals surface area contributed by atoms with Crippen LogP contribution >= 0.6 is 0 Å². The largest absolute Gasteiger partial charge is 0.360 e. The zero-order valence-corrected chi connectivity index (χ0v) is 15.7. The van der Waals surface area contributed by atoms with Gasteiger partial charge in [0.15, 0.2) is 15.6 Å². The topological polar surface area (TPSA) is 105 Å². The molecule has 26 heavy (non-hydrogen) atoms. The smallest absolute Gasteiger partial charge is 0.184 e. The molecule has 138 valence electrons. The molecule has 1 aliphatic rings. The Morgan fingerprint density at radius 3 is 2.77 bits per heavy atom. The molecule has 1 N–H and O–H groups in total. The zero-order chi connectivity index (χ0) is 18.5. The van der Waals surface area contributed by atoms with Crippen molar-refractivity contribution < 1.29 is 12.9 Å². The third kappa shape index (κ3) is 2.76. The minimum Gasteiger partial charge on any atom is -0.360 e. The van der Waals surface area contributed by atoms with E-state index >= 15 is 0 Å². The lowest BCUT2D eigenvalue weighted by atomic mass is 9.81. The van der Waals surface area contributed by atoms with Crippen LogP contribution in [0.5, 0.6) is 0 Å². The van der Waals surface area contributed by atoms with Crippen LogP contribution in [0.1, 0.15) is 24.3 Å². The van der Waals surface area contributed by atoms with Crippen LogP contribution in [-0.2, 0) is 9.84 Å². The third-order valence-electron chi connectivity index (χ3n) is 5.16. The van der Waals surface area contributed by atoms with Crippen molar-refractivity contribution in [2.75, 3.05) is 17.7 Å². The number of fused-ring (bicyclic) bond motifs is 1. The van der Waals surface area contributed by atoms with Gasteiger partial charge in [-0.1, -0.05) is 5.16 Å². The molecule has 9 heteroatoms. The van der Waals surface area contributed by atoms with Gasteiger partial charge >= 0.3 is 0 Å². The lowest BCUT2D eigenvalue weighted by Crippen LogP contribution is -2.45. The standard InChI is InChI=1S/C17H21N5O3S/c1-10-15(11(2)25-21-10)26(23,24)8-12-6-13(7-12)22(3)17-14-4-5-18-16(14)19-9-20-17/h4-5,9,12-13H,6-8H2,1-3H3,(H,18,19,20). The number of aromatic nitrogens is 4. The molecule has 4 rings (SSSR count). The number of sulfone groups is 1. The summed E-state index contributed by atoms with van der Waals surface area (Å²) in [6, 6.07) is 2.23. The molecule has 0 bridgehead atoms. The van der Waals surface area contributed by atoms with Crippen molar-refractivity contribution in [3.05, 3.63) is 30.0 Å². The molecule has 0 amide bonds. The van der Waals surface area contributed by atoms with Crippen molar-refractivity contribution in [2.45, 2.75) is 37.6 Å². The molecule has 3 aromatic heterocycles. The molecule has 3 aromatic rings. The van der Waals surface area contributed by atoms with Crippen LogP contribution in [0.25, 0.3) is 11.0 Å². The Labute approximate surface area is 151 Å². The second-order valence-corrected chi connectivity index (χ2v) is 8.95. The van der Waals surface area contributed by atoms with Crippen LogP contribution in [0.4, 0.5) is 5.82 Å². The molecule has 1 saturated carbocycles. The number of nitrogens with zero attached hydrogens (tertiary/aromatic N) is 4. The van der Waals surface area contributed by atoms with Gasteiger partial charge in [-0.25, -0.2) is 18.4 Å². The van der Waals surface area contributed by atoms with Gasteiger partial charge in [0.2, 0.25) is 0 Å². The average molecular weight is 375 g/mol. The van der Waals surface area contributed by atoms with Crippen molar-refractivity contribution in [1.82, 2.24) is 20.1 Å². The van der Waals surface area contributed by atoms with Crippen molar-refractivity contribution in [2.24, 2.45) is 5.92 Å². The van der Waals surface area contributed by atoms with E-state index in [1.165, 1.54) is 0 Å². The number of nitrogens with one attached hydrogen (secondary N) is 1. The minimum absolute atomic E-state index is 0.129. The molecule has 8 nitrogen and oxygen atoms in total. The summed E-state index contributed by atoms with van der Waals surface area (Å²) in [5.74, 6) is 1.49. The highest BCUT2D eigenvalue weighted by Crippen LogP contribution is 2.37. The second kappa shape index (κ2) is 6.08. The monoisotopic (exact) mass is 375 g/mol. The Morgan fingerprint density at radius 2 is 2.08 bits per heavy atom. The maximum atomic E-state index is 12.7. The van der Waals surface area contributed by atoms with E-state index in [2.05, 4.69) is 25.0 Å². The third-order valence-corrected chi connectivity index (χ3v) is 7.27. The highest BCUT2D eigenvalue weighted by Gasteiger charge is 2.38. The molecule has 0 saturated heterocycles. The van der Waals surface area contributed by atoms with Gasteiger partial charge < -0.3 is 14.4 Å². The number of hydrogen-bond donors (Lipinski definition) is 1. The highest BCUT2D eigenvalue weighted by atomic mass is 32.2. The Morgan fingerprint density at radius 1 is 1.31 bits per heavy atom. The fraction of sp³-hybridized carbons (Fsp3) is 0.471. The van der Waals surface area contributed by atoms with Crippen molar-refractivity contribution in [3.8, 4) is 0 Å². The summed E-state index contributed by atoms with van der Waals surface area (Å²) in [4.78, 5) is 14.1. The lowest BCUT2D eigenvalue weighted by Gasteiger charge is -2.41. The molecule has 0 aromatic carbocycles. The van der Waals surface area contributed by atoms with Gasteiger partial charge in [0.05, 0.1) is 16.8 Å². The summed E-state index contributed by atoms with van der Waals surface area (Å²) in [6.07, 6.45) is 5.02. The van der Waals surface area contributed by atoms with E-state index < -0.39 is 9.84 Å². The minimum atomic E-state index is -3.38. The Bertz CT molecular complexity index is 1030. The molecule has 0 atom stereocenters. The summed E-state index contributed by atoms with van der Waals surface area (Å²) in [5, 5.41) is 4.73. The van der Waals surface area contributed by atoms with Gasteiger partial charge in [-0.05, 0) is 38.7 Å². The summed E-state index contributed by atoms with van der Waals surface area (Å²) >= 11 is 0. The van der Waals surface area contributed by atoms with Crippen LogP contribution in [0.15, 0.2) is 28.0 Å². The molecule has 3 heterocycles. The van der Waals surface area contributed by atoms with Gasteiger partial charge in [0.25, 0.3) is 0 Å². The number of aryl methyl sites for hydroxylation is 2. The van der Waals surface area contributed by atoms with Gasteiger partial charge in [0.1, 0.15) is 22.7 Å². The molecular formula is C17H21N5O3S. The van der Waals surface area contributed by atoms with E-state index in [1.54, 1.807) is 20.2 Å². The molecular weight excluding hydrogens is 354 g/mol. The van der Waals surface area contributed by atoms with Gasteiger partial charge in [0, 0.05) is 19.3 Å². The zero-order valence-electron chi connectivity index (χ0n) is 14.9. The summed E-state index contributed by atoms with van der Waals surface area (Å²) in [7, 11) is -1.38. The van der Waals surface area contributed by atoms with E-state index in [1.807, 2.05) is 19.3 Å². The predicted molar refractivity (Wildman–Crippen MR) is 96.8 cm³/mol. The van der Waals surface area contributed by atoms with Gasteiger partial charge in [-0.3, -0.25) is 0 Å². The van der Waals surface area contributed by atoms with Crippen LogP contribution in [-0.4, -0.2) is 47.4 Å². The summed E-state index contributed by atoms with van der Waals surface area (Å²) in [5.41, 5.74) is 1.24. The highest BCUT2D eigenvalue weighted by molar-refractivity contribution is 7.91. The van der Waals surface area contributed by atoms with Crippen LogP contribution in [0.3, 0.4) is 0 Å². The SMILES string of the molecule is Cc1noc(C)c1S(=O)(=O)CC1CC(N(C)c2ncnc3[nH]ccc23)C1. The normalized spacial score (nSPS) is 20.3. The first kappa shape index (κ1) is 17.0. The van der Waals surface area contributed by atoms with Crippen molar-refractivity contribution >= 4 is 26.7 Å². The number of rotatable bonds is 5. The van der Waals surface area contributed by atoms with E-state index in [0.29, 0.717) is 11.5 Å². The maximum absolute atomic E-state index is 12.7. The van der Waals surface area contributed by atoms with Crippen LogP contribution in [0.2, 0.25) is 0 Å². The summed E-state index contributed by atoms with van der Waals surface area (Å²) < 4.78 is 30.4. The van der Waals surface area contributed by atoms with E-state index in [4.69, 9.17) is 4.52 Å². The Kier molecular flexibility index (Phi) is 3.98. The first-order valence-corrected chi connectivity index (χ1v) is 10.2. The van der Waals surface area contributed by atoms with Crippen LogP contribution in [0, 0.1) is 19.8 Å². The van der Waals surface area contributed by atoms with Crippen molar-refractivity contribution in [3.63, 3.8) is 0 Å². The van der Waals surface area contributed by atoms with Crippen LogP contribution < -0.4 is 4.90 Å². The van der Waals surface area contributed by atoms with E-state index in [0.717, 1.165) is 29.7 Å². The van der Waals surface area contributed by atoms with Gasteiger partial charge in [-0.15, -0.1) is 0 Å². The molecule has 1 fully saturated rings. The maximum Gasteiger partial charge on any atom is 0.184 e. The van der Waals surface area contributed by atoms with E-state index in [-0.39, 0.29) is 22.6 Å². The Balaban J connectivity index is 1.45. The second-order valence-electron chi connectivity index (χ2n) is 6.97. The van der Waals surface area contributed by atoms with Gasteiger partial charge in [-0.2, -0.15) is 0 Å². The van der Waals surface area contributed by atoms with E-state index in [9.17, 15) is 8.42 Å². The predicted octanol–water partition coefficient (Wildman–Crippen LogP) is 2.25. The number of anilines is 1. The number of H-pyrrole nitrogens is 1. The quantitative estimate of drug-likeness (QED) is 0.729. The fourth-order valence-corrected chi connectivity index (χ4v) is 5.80. The lowest BCUT2D eigenvalue weighted by molar-refractivity contribution is 0.282. The Hall–Kier alpha value is -2.42. The molecule has 0 radical (unpaired) electrons. The first-order valence-electron chi connectivity index (χ1n) is 8.53. The number of aromatic amines is 1. The molecule has 0 unspecified atom stereocenters. The molecule has 0 aliphatic heterocycles. The fourth-order valence-electron chi connectivity index (χ4n) is 3.78. The molecule has 0 spiro atoms. The summed E-state index contributed by atoms with van der Waals surface area (Å²) in [6.45, 7) is 3.31. The molecule has 1 aliphatic carbocycles. The number of hydrogen-bond acceptors (Lipinski definition) is 7. The van der Waals surface area contributed by atoms with Crippen molar-refractivity contribution in [1.29, 1.82) is 0 Å². The average Bonchev–Trinajstić information content (AvgIpc) is 3.16. The first-order chi connectivity index (χ1) is 12.4.